The van der Waals surface area contributed by atoms with Crippen LogP contribution in [0.2, 0.25) is 5.02 Å². The van der Waals surface area contributed by atoms with Crippen molar-refractivity contribution in [3.8, 4) is 5.75 Å². The van der Waals surface area contributed by atoms with Crippen LogP contribution in [0.3, 0.4) is 0 Å². The minimum absolute atomic E-state index is 0.0597. The third-order valence-electron chi connectivity index (χ3n) is 12.0. The van der Waals surface area contributed by atoms with Gasteiger partial charge in [0.1, 0.15) is 10.7 Å². The van der Waals surface area contributed by atoms with Crippen LogP contribution in [0.4, 0.5) is 23.1 Å². The van der Waals surface area contributed by atoms with E-state index < -0.39 is 5.92 Å². The van der Waals surface area contributed by atoms with Gasteiger partial charge in [-0.05, 0) is 68.9 Å². The number of aromatic nitrogens is 6. The monoisotopic (exact) mass is 838 g/mol. The normalized spacial score (nSPS) is 20.2. The minimum Gasteiger partial charge on any atom is -0.478 e. The molecule has 316 valence electrons. The zero-order valence-corrected chi connectivity index (χ0v) is 35.3. The lowest BCUT2D eigenvalue weighted by Crippen LogP contribution is -2.50. The smallest absolute Gasteiger partial charge is 0.294 e. The number of ether oxygens (including phenoxy) is 1. The summed E-state index contributed by atoms with van der Waals surface area (Å²) < 4.78 is 8.99. The number of benzene rings is 1. The molecule has 8 rings (SSSR count). The number of piperazine rings is 1. The second kappa shape index (κ2) is 17.0. The molecule has 3 aliphatic heterocycles. The van der Waals surface area contributed by atoms with Crippen LogP contribution in [-0.4, -0.2) is 111 Å². The maximum absolute atomic E-state index is 13.2. The van der Waals surface area contributed by atoms with Gasteiger partial charge in [0.15, 0.2) is 18.2 Å². The van der Waals surface area contributed by atoms with E-state index in [0.717, 1.165) is 74.5 Å². The topological polar surface area (TPSA) is 185 Å². The Morgan fingerprint density at radius 3 is 2.55 bits per heavy atom. The van der Waals surface area contributed by atoms with Gasteiger partial charge >= 0.3 is 0 Å². The van der Waals surface area contributed by atoms with Gasteiger partial charge in [0.2, 0.25) is 17.8 Å². The summed E-state index contributed by atoms with van der Waals surface area (Å²) in [6.07, 6.45) is 5.06. The maximum atomic E-state index is 13.2. The largest absolute Gasteiger partial charge is 0.478 e. The van der Waals surface area contributed by atoms with Crippen molar-refractivity contribution in [2.24, 2.45) is 18.9 Å². The van der Waals surface area contributed by atoms with E-state index in [1.54, 1.807) is 23.0 Å². The standard InChI is InChI=1S/C42H51ClN12O5/c1-24(2)55-39-27(17-34(41(55)59)60-23-36(57)44-4)16-28(19-45-39)47-38-32(43)20-46-42(49-38)54-11-10-26(25(3)21-54)22-52-12-14-53(15-13-52)29-6-7-30-33(18-29)51(5)50-37(30)31-8-9-35(56)48-40(31)58/h6-7,16-20,24-26,31H,8-15,21-23H2,1-5H3,(H,44,57)(H,46,47,49)(H,48,56,58)/t25-,26+,31?/m0/s1. The van der Waals surface area contributed by atoms with E-state index >= 15 is 0 Å². The van der Waals surface area contributed by atoms with Crippen molar-refractivity contribution in [3.63, 3.8) is 0 Å². The first-order chi connectivity index (χ1) is 28.9. The molecule has 1 unspecified atom stereocenters. The molecule has 0 bridgehead atoms. The van der Waals surface area contributed by atoms with Crippen LogP contribution in [0, 0.1) is 11.8 Å². The summed E-state index contributed by atoms with van der Waals surface area (Å²) in [7, 11) is 3.42. The Labute approximate surface area is 352 Å². The number of aryl methyl sites for hydroxylation is 1. The molecule has 0 aliphatic carbocycles. The van der Waals surface area contributed by atoms with Crippen LogP contribution in [0.5, 0.6) is 5.75 Å². The van der Waals surface area contributed by atoms with Crippen molar-refractivity contribution in [2.75, 3.05) is 74.6 Å². The molecule has 4 aromatic heterocycles. The lowest BCUT2D eigenvalue weighted by Gasteiger charge is -2.42. The summed E-state index contributed by atoms with van der Waals surface area (Å²) in [6, 6.07) is 9.61. The van der Waals surface area contributed by atoms with Crippen molar-refractivity contribution in [3.05, 3.63) is 63.8 Å². The Kier molecular flexibility index (Phi) is 11.6. The van der Waals surface area contributed by atoms with Crippen molar-refractivity contribution < 1.29 is 19.1 Å². The molecule has 60 heavy (non-hydrogen) atoms. The lowest BCUT2D eigenvalue weighted by molar-refractivity contribution is -0.134. The van der Waals surface area contributed by atoms with Crippen LogP contribution >= 0.6 is 11.6 Å². The predicted molar refractivity (Wildman–Crippen MR) is 230 cm³/mol. The average Bonchev–Trinajstić information content (AvgIpc) is 3.56. The molecule has 3 amide bonds. The number of piperidine rings is 2. The second-order valence-electron chi connectivity index (χ2n) is 16.3. The van der Waals surface area contributed by atoms with Crippen molar-refractivity contribution >= 4 is 74.4 Å². The number of carbonyl (C=O) groups excluding carboxylic acids is 3. The first kappa shape index (κ1) is 40.9. The highest BCUT2D eigenvalue weighted by molar-refractivity contribution is 6.33. The SMILES string of the molecule is CNC(=O)COc1cc2cc(Nc3nc(N4CC[C@H](CN5CCN(c6ccc7c(C8CCC(=O)NC8=O)nn(C)c7c6)CC5)[C@@H](C)C4)ncc3Cl)cnc2n(C(C)C)c1=O. The average molecular weight is 839 g/mol. The van der Waals surface area contributed by atoms with Gasteiger partial charge in [-0.3, -0.25) is 38.6 Å². The molecular formula is C42H51ClN12O5. The number of hydrogen-bond acceptors (Lipinski definition) is 13. The fourth-order valence-electron chi connectivity index (χ4n) is 8.65. The highest BCUT2D eigenvalue weighted by Crippen LogP contribution is 2.34. The molecule has 3 fully saturated rings. The zero-order chi connectivity index (χ0) is 42.2. The van der Waals surface area contributed by atoms with Crippen molar-refractivity contribution in [2.45, 2.75) is 52.0 Å². The Balaban J connectivity index is 0.879. The number of fused-ring (bicyclic) bond motifs is 2. The van der Waals surface area contributed by atoms with Gasteiger partial charge in [-0.15, -0.1) is 0 Å². The summed E-state index contributed by atoms with van der Waals surface area (Å²) in [5.41, 5.74) is 3.60. The van der Waals surface area contributed by atoms with Gasteiger partial charge in [-0.2, -0.15) is 10.1 Å². The van der Waals surface area contributed by atoms with Crippen molar-refractivity contribution in [1.82, 2.24) is 44.8 Å². The second-order valence-corrected chi connectivity index (χ2v) is 16.7. The number of likely N-dealkylation sites (N-methyl/N-ethyl adjacent to an activating group) is 1. The van der Waals surface area contributed by atoms with Gasteiger partial charge in [0, 0.05) is 88.8 Å². The van der Waals surface area contributed by atoms with Crippen LogP contribution in [-0.2, 0) is 21.4 Å². The van der Waals surface area contributed by atoms with Crippen LogP contribution in [0.15, 0.2) is 47.5 Å². The number of halogens is 1. The van der Waals surface area contributed by atoms with E-state index in [4.69, 9.17) is 26.4 Å². The fourth-order valence-corrected chi connectivity index (χ4v) is 8.79. The summed E-state index contributed by atoms with van der Waals surface area (Å²) in [5, 5.41) is 14.9. The first-order valence-electron chi connectivity index (χ1n) is 20.6. The van der Waals surface area contributed by atoms with Gasteiger partial charge in [-0.25, -0.2) is 9.97 Å². The van der Waals surface area contributed by atoms with E-state index in [9.17, 15) is 19.2 Å². The number of carbonyl (C=O) groups is 3. The Hall–Kier alpha value is -5.81. The van der Waals surface area contributed by atoms with E-state index in [2.05, 4.69) is 65.7 Å². The number of imide groups is 1. The van der Waals surface area contributed by atoms with E-state index in [1.807, 2.05) is 31.6 Å². The third kappa shape index (κ3) is 8.32. The van der Waals surface area contributed by atoms with Crippen molar-refractivity contribution in [1.29, 1.82) is 0 Å². The number of nitrogens with zero attached hydrogens (tertiary/aromatic N) is 9. The quantitative estimate of drug-likeness (QED) is 0.163. The number of nitrogens with one attached hydrogen (secondary N) is 3. The van der Waals surface area contributed by atoms with Crippen LogP contribution < -0.4 is 36.0 Å². The maximum Gasteiger partial charge on any atom is 0.294 e. The molecule has 1 aromatic carbocycles. The molecular weight excluding hydrogens is 788 g/mol. The fraction of sp³-hybridized carbons (Fsp3) is 0.476. The Bertz CT molecular complexity index is 2510. The Morgan fingerprint density at radius 2 is 1.82 bits per heavy atom. The minimum atomic E-state index is -0.419. The highest BCUT2D eigenvalue weighted by Gasteiger charge is 2.33. The van der Waals surface area contributed by atoms with E-state index in [0.29, 0.717) is 58.2 Å². The number of anilines is 4. The molecule has 0 radical (unpaired) electrons. The van der Waals surface area contributed by atoms with Crippen LogP contribution in [0.25, 0.3) is 21.9 Å². The molecule has 17 nitrogen and oxygen atoms in total. The molecule has 5 aromatic rings. The van der Waals surface area contributed by atoms with Gasteiger partial charge in [0.05, 0.1) is 35.2 Å². The third-order valence-corrected chi connectivity index (χ3v) is 12.3. The molecule has 3 aliphatic rings. The van der Waals surface area contributed by atoms with E-state index in [-0.39, 0.29) is 41.7 Å². The number of pyridine rings is 2. The zero-order valence-electron chi connectivity index (χ0n) is 34.6. The van der Waals surface area contributed by atoms with E-state index in [1.165, 1.54) is 7.05 Å². The molecule has 7 heterocycles. The Morgan fingerprint density at radius 1 is 1.02 bits per heavy atom. The summed E-state index contributed by atoms with van der Waals surface area (Å²) in [6.45, 7) is 12.3. The first-order valence-corrected chi connectivity index (χ1v) is 21.0. The molecule has 3 N–H and O–H groups in total. The highest BCUT2D eigenvalue weighted by atomic mass is 35.5. The lowest BCUT2D eigenvalue weighted by atomic mass is 9.86. The number of amides is 3. The van der Waals surface area contributed by atoms with Gasteiger partial charge in [0.25, 0.3) is 11.5 Å². The van der Waals surface area contributed by atoms with Gasteiger partial charge < -0.3 is 25.2 Å². The molecule has 0 saturated carbocycles. The van der Waals surface area contributed by atoms with Gasteiger partial charge in [-0.1, -0.05) is 18.5 Å². The summed E-state index contributed by atoms with van der Waals surface area (Å²) in [5.74, 6) is 0.800. The number of hydrogen-bond donors (Lipinski definition) is 3. The predicted octanol–water partition coefficient (Wildman–Crippen LogP) is 3.98. The molecule has 3 atom stereocenters. The summed E-state index contributed by atoms with van der Waals surface area (Å²) in [4.78, 5) is 70.6. The molecule has 3 saturated heterocycles. The van der Waals surface area contributed by atoms with Crippen LogP contribution in [0.1, 0.15) is 57.7 Å². The summed E-state index contributed by atoms with van der Waals surface area (Å²) >= 11 is 6.62. The molecule has 18 heteroatoms. The number of rotatable bonds is 11. The molecule has 0 spiro atoms.